The number of hydrogen-bond donors (Lipinski definition) is 0. The van der Waals surface area contributed by atoms with Gasteiger partial charge < -0.3 is 0 Å². The third-order valence-corrected chi connectivity index (χ3v) is 2.74. The van der Waals surface area contributed by atoms with Gasteiger partial charge >= 0.3 is 0 Å². The minimum Gasteiger partial charge on any atom is -0.235 e. The second-order valence-electron chi connectivity index (χ2n) is 3.97. The zero-order chi connectivity index (χ0) is 10.6. The normalized spacial score (nSPS) is 17.3. The van der Waals surface area contributed by atoms with Crippen LogP contribution in [0, 0.1) is 0 Å². The van der Waals surface area contributed by atoms with E-state index in [4.69, 9.17) is 11.6 Å². The Labute approximate surface area is 90.8 Å². The Hall–Kier alpha value is -1.49. The molecule has 0 N–H and O–H groups in total. The lowest BCUT2D eigenvalue weighted by Gasteiger charge is -2.14. The summed E-state index contributed by atoms with van der Waals surface area (Å²) in [5.41, 5.74) is 1.96. The lowest BCUT2D eigenvalue weighted by atomic mass is 9.97. The summed E-state index contributed by atoms with van der Waals surface area (Å²) in [6.45, 7) is 3.96. The third-order valence-electron chi connectivity index (χ3n) is 2.48. The van der Waals surface area contributed by atoms with Gasteiger partial charge in [-0.15, -0.1) is 0 Å². The van der Waals surface area contributed by atoms with Crippen molar-refractivity contribution < 1.29 is 0 Å². The molecule has 15 heavy (non-hydrogen) atoms. The van der Waals surface area contributed by atoms with Gasteiger partial charge in [0.15, 0.2) is 10.8 Å². The molecule has 0 aliphatic carbocycles. The van der Waals surface area contributed by atoms with Crippen LogP contribution in [0.5, 0.6) is 0 Å². The molecule has 5 nitrogen and oxygen atoms in total. The third kappa shape index (κ3) is 1.04. The molecule has 0 radical (unpaired) electrons. The minimum atomic E-state index is -0.380. The van der Waals surface area contributed by atoms with Gasteiger partial charge in [-0.25, -0.2) is 9.50 Å². The quantitative estimate of drug-likeness (QED) is 0.687. The van der Waals surface area contributed by atoms with Crippen molar-refractivity contribution in [3.05, 3.63) is 23.1 Å². The molecular weight excluding hydrogens is 214 g/mol. The summed E-state index contributed by atoms with van der Waals surface area (Å²) < 4.78 is 1.65. The van der Waals surface area contributed by atoms with E-state index < -0.39 is 0 Å². The van der Waals surface area contributed by atoms with Crippen molar-refractivity contribution in [3.8, 4) is 0 Å². The van der Waals surface area contributed by atoms with Crippen LogP contribution in [-0.2, 0) is 5.54 Å². The molecule has 0 saturated heterocycles. The zero-order valence-corrected chi connectivity index (χ0v) is 9.02. The summed E-state index contributed by atoms with van der Waals surface area (Å²) in [4.78, 5) is 4.25. The molecule has 2 aromatic heterocycles. The van der Waals surface area contributed by atoms with Crippen molar-refractivity contribution in [2.45, 2.75) is 19.4 Å². The van der Waals surface area contributed by atoms with Crippen molar-refractivity contribution in [3.63, 3.8) is 0 Å². The lowest BCUT2D eigenvalue weighted by Crippen LogP contribution is -2.12. The van der Waals surface area contributed by atoms with Crippen LogP contribution in [0.2, 0.25) is 5.15 Å². The van der Waals surface area contributed by atoms with E-state index in [9.17, 15) is 0 Å². The molecular formula is C9H8ClN5. The number of hydrogen-bond acceptors (Lipinski definition) is 4. The highest BCUT2D eigenvalue weighted by Crippen LogP contribution is 2.44. The fourth-order valence-corrected chi connectivity index (χ4v) is 2.00. The van der Waals surface area contributed by atoms with Gasteiger partial charge in [-0.1, -0.05) is 11.6 Å². The Morgan fingerprint density at radius 1 is 1.40 bits per heavy atom. The van der Waals surface area contributed by atoms with E-state index in [1.54, 1.807) is 16.9 Å². The number of nitrogens with zero attached hydrogens (tertiary/aromatic N) is 5. The maximum absolute atomic E-state index is 6.02. The highest BCUT2D eigenvalue weighted by atomic mass is 35.5. The van der Waals surface area contributed by atoms with E-state index in [0.717, 1.165) is 11.2 Å². The molecule has 0 unspecified atom stereocenters. The molecule has 3 rings (SSSR count). The Kier molecular flexibility index (Phi) is 1.49. The van der Waals surface area contributed by atoms with Crippen molar-refractivity contribution in [1.29, 1.82) is 0 Å². The molecule has 0 saturated carbocycles. The molecule has 1 aliphatic rings. The number of rotatable bonds is 0. The van der Waals surface area contributed by atoms with Crippen molar-refractivity contribution >= 4 is 22.9 Å². The van der Waals surface area contributed by atoms with Crippen LogP contribution >= 0.6 is 11.6 Å². The molecule has 6 heteroatoms. The van der Waals surface area contributed by atoms with Gasteiger partial charge in [0.05, 0.1) is 5.56 Å². The first-order valence-electron chi connectivity index (χ1n) is 4.56. The van der Waals surface area contributed by atoms with Gasteiger partial charge in [0, 0.05) is 12.4 Å². The SMILES string of the molecule is CC1(C)N=Nc2c(Cl)nn3ccnc3c21. The van der Waals surface area contributed by atoms with Gasteiger partial charge in [-0.3, -0.25) is 0 Å². The summed E-state index contributed by atoms with van der Waals surface area (Å²) in [6.07, 6.45) is 3.45. The van der Waals surface area contributed by atoms with Crippen molar-refractivity contribution in [2.24, 2.45) is 10.2 Å². The van der Waals surface area contributed by atoms with E-state index in [0.29, 0.717) is 10.8 Å². The summed E-state index contributed by atoms with van der Waals surface area (Å²) in [5.74, 6) is 0. The van der Waals surface area contributed by atoms with Crippen LogP contribution in [0.15, 0.2) is 22.6 Å². The van der Waals surface area contributed by atoms with Gasteiger partial charge in [0.1, 0.15) is 11.2 Å². The highest BCUT2D eigenvalue weighted by Gasteiger charge is 2.34. The smallest absolute Gasteiger partial charge is 0.178 e. The summed E-state index contributed by atoms with van der Waals surface area (Å²) >= 11 is 6.02. The second kappa shape index (κ2) is 2.55. The molecule has 1 aliphatic heterocycles. The number of imidazole rings is 1. The van der Waals surface area contributed by atoms with Gasteiger partial charge in [0.2, 0.25) is 0 Å². The van der Waals surface area contributed by atoms with Gasteiger partial charge in [0.25, 0.3) is 0 Å². The first-order chi connectivity index (χ1) is 7.09. The van der Waals surface area contributed by atoms with Crippen LogP contribution in [-0.4, -0.2) is 14.6 Å². The van der Waals surface area contributed by atoms with Crippen LogP contribution < -0.4 is 0 Å². The first-order valence-corrected chi connectivity index (χ1v) is 4.93. The molecule has 0 amide bonds. The number of halogens is 1. The maximum atomic E-state index is 6.02. The molecule has 3 heterocycles. The van der Waals surface area contributed by atoms with E-state index in [2.05, 4.69) is 20.3 Å². The molecule has 0 fully saturated rings. The first kappa shape index (κ1) is 8.79. The number of azo groups is 1. The maximum Gasteiger partial charge on any atom is 0.178 e. The van der Waals surface area contributed by atoms with Gasteiger partial charge in [-0.05, 0) is 13.8 Å². The van der Waals surface area contributed by atoms with Crippen molar-refractivity contribution in [1.82, 2.24) is 14.6 Å². The topological polar surface area (TPSA) is 54.9 Å². The summed E-state index contributed by atoms with van der Waals surface area (Å²) in [6, 6.07) is 0. The minimum absolute atomic E-state index is 0.366. The monoisotopic (exact) mass is 221 g/mol. The Bertz CT molecular complexity index is 583. The fraction of sp³-hybridized carbons (Fsp3) is 0.333. The Morgan fingerprint density at radius 2 is 2.20 bits per heavy atom. The van der Waals surface area contributed by atoms with Gasteiger partial charge in [-0.2, -0.15) is 15.3 Å². The highest BCUT2D eigenvalue weighted by molar-refractivity contribution is 6.32. The van der Waals surface area contributed by atoms with E-state index in [1.807, 2.05) is 13.8 Å². The van der Waals surface area contributed by atoms with E-state index in [1.165, 1.54) is 0 Å². The lowest BCUT2D eigenvalue weighted by molar-refractivity contribution is 0.556. The molecule has 0 aromatic carbocycles. The standard InChI is InChI=1S/C9H8ClN5/c1-9(2)5-6(12-14-9)7(10)13-15-4-3-11-8(5)15/h3-4H,1-2H3. The molecule has 0 spiro atoms. The van der Waals surface area contributed by atoms with Crippen LogP contribution in [0.3, 0.4) is 0 Å². The van der Waals surface area contributed by atoms with Crippen molar-refractivity contribution in [2.75, 3.05) is 0 Å². The molecule has 0 bridgehead atoms. The van der Waals surface area contributed by atoms with Crippen LogP contribution in [0.4, 0.5) is 5.69 Å². The Morgan fingerprint density at radius 3 is 3.00 bits per heavy atom. The zero-order valence-electron chi connectivity index (χ0n) is 8.27. The molecule has 2 aromatic rings. The number of fused-ring (bicyclic) bond motifs is 3. The fourth-order valence-electron chi connectivity index (χ4n) is 1.79. The largest absolute Gasteiger partial charge is 0.235 e. The van der Waals surface area contributed by atoms with Crippen LogP contribution in [0.1, 0.15) is 19.4 Å². The predicted octanol–water partition coefficient (Wildman–Crippen LogP) is 2.72. The van der Waals surface area contributed by atoms with E-state index >= 15 is 0 Å². The second-order valence-corrected chi connectivity index (χ2v) is 4.33. The average Bonchev–Trinajstić information content (AvgIpc) is 2.70. The van der Waals surface area contributed by atoms with Crippen LogP contribution in [0.25, 0.3) is 5.65 Å². The predicted molar refractivity (Wildman–Crippen MR) is 55.5 cm³/mol. The molecule has 0 atom stereocenters. The Balaban J connectivity index is 2.51. The summed E-state index contributed by atoms with van der Waals surface area (Å²) in [7, 11) is 0. The summed E-state index contributed by atoms with van der Waals surface area (Å²) in [5, 5.41) is 12.7. The molecule has 76 valence electrons. The number of aromatic nitrogens is 3. The average molecular weight is 222 g/mol. The van der Waals surface area contributed by atoms with E-state index in [-0.39, 0.29) is 5.54 Å².